The number of ether oxygens (including phenoxy) is 1. The molecule has 5 heteroatoms. The molecule has 0 radical (unpaired) electrons. The molecular weight excluding hydrogens is 288 g/mol. The van der Waals surface area contributed by atoms with Crippen molar-refractivity contribution in [1.29, 1.82) is 0 Å². The molecule has 1 aliphatic rings. The molecule has 23 heavy (non-hydrogen) atoms. The second-order valence-electron chi connectivity index (χ2n) is 6.34. The van der Waals surface area contributed by atoms with E-state index in [2.05, 4.69) is 10.3 Å². The third-order valence-electron chi connectivity index (χ3n) is 4.85. The number of benzene rings is 1. The van der Waals surface area contributed by atoms with Crippen molar-refractivity contribution in [2.75, 3.05) is 7.11 Å². The maximum atomic E-state index is 5.87. The highest BCUT2D eigenvalue weighted by Crippen LogP contribution is 2.28. The second kappa shape index (κ2) is 7.59. The zero-order chi connectivity index (χ0) is 16.1. The summed E-state index contributed by atoms with van der Waals surface area (Å²) in [7, 11) is 1.68. The first-order chi connectivity index (χ1) is 11.3. The molecule has 0 aliphatic heterocycles. The van der Waals surface area contributed by atoms with Gasteiger partial charge in [0.1, 0.15) is 5.75 Å². The fourth-order valence-electron chi connectivity index (χ4n) is 3.51. The van der Waals surface area contributed by atoms with Crippen LogP contribution in [-0.4, -0.2) is 22.1 Å². The predicted molar refractivity (Wildman–Crippen MR) is 90.7 cm³/mol. The number of hydrogen-bond acceptors (Lipinski definition) is 4. The predicted octanol–water partition coefficient (Wildman–Crippen LogP) is 3.25. The number of methoxy groups -OCH3 is 1. The molecule has 1 aromatic carbocycles. The summed E-state index contributed by atoms with van der Waals surface area (Å²) in [5.41, 5.74) is 8.90. The molecule has 1 saturated carbocycles. The summed E-state index contributed by atoms with van der Waals surface area (Å²) in [5, 5.41) is 8.60. The van der Waals surface area contributed by atoms with E-state index in [4.69, 9.17) is 10.5 Å². The van der Waals surface area contributed by atoms with E-state index in [1.54, 1.807) is 7.11 Å². The Labute approximate surface area is 137 Å². The second-order valence-corrected chi connectivity index (χ2v) is 6.34. The van der Waals surface area contributed by atoms with Crippen molar-refractivity contribution in [2.45, 2.75) is 51.5 Å². The van der Waals surface area contributed by atoms with Crippen molar-refractivity contribution < 1.29 is 4.74 Å². The van der Waals surface area contributed by atoms with Gasteiger partial charge in [0.2, 0.25) is 0 Å². The number of hydrogen-bond donors (Lipinski definition) is 1. The first-order valence-electron chi connectivity index (χ1n) is 8.59. The van der Waals surface area contributed by atoms with Crippen LogP contribution in [0.4, 0.5) is 0 Å². The van der Waals surface area contributed by atoms with Crippen LogP contribution in [0.2, 0.25) is 0 Å². The summed E-state index contributed by atoms with van der Waals surface area (Å²) in [6.45, 7) is 0.434. The largest absolute Gasteiger partial charge is 0.497 e. The highest BCUT2D eigenvalue weighted by Gasteiger charge is 2.18. The molecule has 124 valence electrons. The van der Waals surface area contributed by atoms with Crippen LogP contribution < -0.4 is 10.5 Å². The average molecular weight is 314 g/mol. The van der Waals surface area contributed by atoms with Gasteiger partial charge in [0.05, 0.1) is 24.2 Å². The minimum atomic E-state index is 0.434. The molecule has 0 bridgehead atoms. The van der Waals surface area contributed by atoms with Gasteiger partial charge in [0.15, 0.2) is 0 Å². The minimum Gasteiger partial charge on any atom is -0.497 e. The van der Waals surface area contributed by atoms with E-state index in [1.165, 1.54) is 38.5 Å². The van der Waals surface area contributed by atoms with Crippen LogP contribution in [0.15, 0.2) is 24.3 Å². The molecule has 5 nitrogen and oxygen atoms in total. The first-order valence-corrected chi connectivity index (χ1v) is 8.59. The molecule has 0 saturated heterocycles. The normalized spacial score (nSPS) is 15.7. The van der Waals surface area contributed by atoms with Crippen molar-refractivity contribution in [3.8, 4) is 11.4 Å². The Morgan fingerprint density at radius 3 is 2.83 bits per heavy atom. The maximum Gasteiger partial charge on any atom is 0.121 e. The maximum absolute atomic E-state index is 5.87. The zero-order valence-corrected chi connectivity index (χ0v) is 13.9. The smallest absolute Gasteiger partial charge is 0.121 e. The number of nitrogens with zero attached hydrogens (tertiary/aromatic N) is 3. The van der Waals surface area contributed by atoms with Crippen LogP contribution in [0.5, 0.6) is 5.75 Å². The summed E-state index contributed by atoms with van der Waals surface area (Å²) in [6.07, 6.45) is 9.06. The van der Waals surface area contributed by atoms with E-state index < -0.39 is 0 Å². The van der Waals surface area contributed by atoms with E-state index >= 15 is 0 Å². The molecule has 0 unspecified atom stereocenters. The highest BCUT2D eigenvalue weighted by molar-refractivity contribution is 5.40. The molecule has 1 aliphatic carbocycles. The van der Waals surface area contributed by atoms with Crippen LogP contribution in [0, 0.1) is 5.92 Å². The lowest BCUT2D eigenvalue weighted by atomic mass is 9.85. The van der Waals surface area contributed by atoms with Gasteiger partial charge in [-0.25, -0.2) is 4.68 Å². The summed E-state index contributed by atoms with van der Waals surface area (Å²) >= 11 is 0. The standard InChI is InChI=1S/C18H26N4O/c1-23-16-9-5-8-15(12-16)22-18(17(13-19)20-21-22)11-10-14-6-3-2-4-7-14/h5,8-9,12,14H,2-4,6-7,10-11,13,19H2,1H3. The summed E-state index contributed by atoms with van der Waals surface area (Å²) in [5.74, 6) is 1.66. The van der Waals surface area contributed by atoms with E-state index in [-0.39, 0.29) is 0 Å². The van der Waals surface area contributed by atoms with Crippen LogP contribution >= 0.6 is 0 Å². The molecular formula is C18H26N4O. The van der Waals surface area contributed by atoms with Crippen molar-refractivity contribution in [3.63, 3.8) is 0 Å². The Hall–Kier alpha value is -1.88. The van der Waals surface area contributed by atoms with Gasteiger partial charge in [0, 0.05) is 12.6 Å². The Morgan fingerprint density at radius 2 is 2.09 bits per heavy atom. The third kappa shape index (κ3) is 3.72. The minimum absolute atomic E-state index is 0.434. The molecule has 1 heterocycles. The Kier molecular flexibility index (Phi) is 5.28. The molecule has 0 spiro atoms. The van der Waals surface area contributed by atoms with Crippen molar-refractivity contribution in [1.82, 2.24) is 15.0 Å². The van der Waals surface area contributed by atoms with Crippen molar-refractivity contribution >= 4 is 0 Å². The number of rotatable bonds is 6. The monoisotopic (exact) mass is 314 g/mol. The summed E-state index contributed by atoms with van der Waals surface area (Å²) < 4.78 is 7.24. The average Bonchev–Trinajstić information content (AvgIpc) is 3.04. The lowest BCUT2D eigenvalue weighted by Crippen LogP contribution is -2.11. The zero-order valence-electron chi connectivity index (χ0n) is 13.9. The van der Waals surface area contributed by atoms with Gasteiger partial charge in [-0.15, -0.1) is 5.10 Å². The van der Waals surface area contributed by atoms with Gasteiger partial charge in [-0.05, 0) is 30.9 Å². The molecule has 1 aromatic heterocycles. The molecule has 1 fully saturated rings. The van der Waals surface area contributed by atoms with E-state index in [9.17, 15) is 0 Å². The topological polar surface area (TPSA) is 66.0 Å². The fourth-order valence-corrected chi connectivity index (χ4v) is 3.51. The SMILES string of the molecule is COc1cccc(-n2nnc(CN)c2CCC2CCCCC2)c1. The lowest BCUT2D eigenvalue weighted by Gasteiger charge is -2.21. The third-order valence-corrected chi connectivity index (χ3v) is 4.85. The lowest BCUT2D eigenvalue weighted by molar-refractivity contribution is 0.337. The molecule has 2 N–H and O–H groups in total. The van der Waals surface area contributed by atoms with Gasteiger partial charge >= 0.3 is 0 Å². The van der Waals surface area contributed by atoms with Crippen molar-refractivity contribution in [3.05, 3.63) is 35.7 Å². The van der Waals surface area contributed by atoms with Crippen LogP contribution in [0.3, 0.4) is 0 Å². The number of aromatic nitrogens is 3. The molecule has 0 amide bonds. The summed E-state index contributed by atoms with van der Waals surface area (Å²) in [6, 6.07) is 7.93. The van der Waals surface area contributed by atoms with E-state index in [1.807, 2.05) is 28.9 Å². The van der Waals surface area contributed by atoms with Gasteiger partial charge in [-0.2, -0.15) is 0 Å². The summed E-state index contributed by atoms with van der Waals surface area (Å²) in [4.78, 5) is 0. The van der Waals surface area contributed by atoms with Gasteiger partial charge in [-0.1, -0.05) is 43.4 Å². The highest BCUT2D eigenvalue weighted by atomic mass is 16.5. The first kappa shape index (κ1) is 16.0. The van der Waals surface area contributed by atoms with Crippen molar-refractivity contribution in [2.24, 2.45) is 11.7 Å². The van der Waals surface area contributed by atoms with Gasteiger partial charge in [-0.3, -0.25) is 0 Å². The van der Waals surface area contributed by atoms with E-state index in [0.29, 0.717) is 6.54 Å². The van der Waals surface area contributed by atoms with E-state index in [0.717, 1.165) is 35.2 Å². The van der Waals surface area contributed by atoms with Gasteiger partial charge < -0.3 is 10.5 Å². The number of nitrogens with two attached hydrogens (primary N) is 1. The van der Waals surface area contributed by atoms with Gasteiger partial charge in [0.25, 0.3) is 0 Å². The van der Waals surface area contributed by atoms with Crippen LogP contribution in [-0.2, 0) is 13.0 Å². The fraction of sp³-hybridized carbons (Fsp3) is 0.556. The van der Waals surface area contributed by atoms with Crippen LogP contribution in [0.25, 0.3) is 5.69 Å². The van der Waals surface area contributed by atoms with Crippen LogP contribution in [0.1, 0.15) is 49.9 Å². The Balaban J connectivity index is 1.81. The molecule has 3 rings (SSSR count). The molecule has 0 atom stereocenters. The quantitative estimate of drug-likeness (QED) is 0.889. The Morgan fingerprint density at radius 1 is 1.26 bits per heavy atom. The Bertz CT molecular complexity index is 632. The molecule has 2 aromatic rings.